The van der Waals surface area contributed by atoms with Crippen molar-refractivity contribution in [1.29, 1.82) is 0 Å². The van der Waals surface area contributed by atoms with Crippen LogP contribution in [0.1, 0.15) is 44.2 Å². The lowest BCUT2D eigenvalue weighted by Crippen LogP contribution is -2.31. The lowest BCUT2D eigenvalue weighted by molar-refractivity contribution is -0.123. The number of carbonyl (C=O) groups is 2. The molecule has 1 unspecified atom stereocenters. The summed E-state index contributed by atoms with van der Waals surface area (Å²) in [4.78, 5) is 29.1. The first-order valence-corrected chi connectivity index (χ1v) is 9.64. The fourth-order valence-electron chi connectivity index (χ4n) is 3.44. The van der Waals surface area contributed by atoms with Crippen LogP contribution in [0, 0.1) is 5.82 Å². The normalized spacial score (nSPS) is 16.0. The van der Waals surface area contributed by atoms with Gasteiger partial charge in [0.25, 0.3) is 0 Å². The summed E-state index contributed by atoms with van der Waals surface area (Å²) in [6, 6.07) is 11.9. The summed E-state index contributed by atoms with van der Waals surface area (Å²) in [5.74, 6) is -1.36. The summed E-state index contributed by atoms with van der Waals surface area (Å²) >= 11 is 0. The Hall–Kier alpha value is -3.55. The smallest absolute Gasteiger partial charge is 0.249 e. The molecule has 0 radical (unpaired) electrons. The number of amides is 2. The van der Waals surface area contributed by atoms with Crippen LogP contribution in [0.3, 0.4) is 0 Å². The third-order valence-corrected chi connectivity index (χ3v) is 5.12. The van der Waals surface area contributed by atoms with Crippen LogP contribution in [0.2, 0.25) is 0 Å². The van der Waals surface area contributed by atoms with Crippen molar-refractivity contribution in [2.75, 3.05) is 10.6 Å². The molecule has 3 N–H and O–H groups in total. The van der Waals surface area contributed by atoms with E-state index in [1.165, 1.54) is 23.8 Å². The number of halogens is 1. The van der Waals surface area contributed by atoms with Crippen LogP contribution in [0.15, 0.2) is 42.5 Å². The van der Waals surface area contributed by atoms with E-state index in [0.717, 1.165) is 5.56 Å². The summed E-state index contributed by atoms with van der Waals surface area (Å²) in [6.45, 7) is 6.42. The van der Waals surface area contributed by atoms with Crippen molar-refractivity contribution in [3.8, 4) is 11.4 Å². The maximum Gasteiger partial charge on any atom is 0.249 e. The average Bonchev–Trinajstić information content (AvgIpc) is 3.14. The molecule has 0 aliphatic carbocycles. The number of hydrogen-bond acceptors (Lipinski definition) is 4. The summed E-state index contributed by atoms with van der Waals surface area (Å²) in [5.41, 5.74) is 2.95. The Bertz CT molecular complexity index is 1120. The van der Waals surface area contributed by atoms with Gasteiger partial charge in [-0.3, -0.25) is 20.0 Å². The van der Waals surface area contributed by atoms with Gasteiger partial charge in [0, 0.05) is 17.7 Å². The number of rotatable bonds is 3. The third kappa shape index (κ3) is 3.94. The Balaban J connectivity index is 1.52. The van der Waals surface area contributed by atoms with Crippen LogP contribution in [0.25, 0.3) is 11.4 Å². The molecule has 1 aliphatic heterocycles. The molecule has 4 rings (SSSR count). The zero-order valence-electron chi connectivity index (χ0n) is 16.9. The summed E-state index contributed by atoms with van der Waals surface area (Å²) in [6.07, 6.45) is -0.0317. The molecule has 154 valence electrons. The highest BCUT2D eigenvalue weighted by Gasteiger charge is 2.31. The Morgan fingerprint density at radius 3 is 2.60 bits per heavy atom. The Morgan fingerprint density at radius 1 is 1.17 bits per heavy atom. The van der Waals surface area contributed by atoms with Gasteiger partial charge in [-0.25, -0.2) is 4.39 Å². The highest BCUT2D eigenvalue weighted by atomic mass is 19.1. The predicted octanol–water partition coefficient (Wildman–Crippen LogP) is 3.97. The molecule has 0 saturated carbocycles. The van der Waals surface area contributed by atoms with Crippen molar-refractivity contribution in [3.63, 3.8) is 0 Å². The van der Waals surface area contributed by atoms with Gasteiger partial charge in [0.15, 0.2) is 5.82 Å². The largest absolute Gasteiger partial charge is 0.326 e. The van der Waals surface area contributed by atoms with Crippen LogP contribution >= 0.6 is 0 Å². The van der Waals surface area contributed by atoms with Crippen LogP contribution in [-0.2, 0) is 15.0 Å². The zero-order chi connectivity index (χ0) is 21.5. The Morgan fingerprint density at radius 2 is 1.90 bits per heavy atom. The second-order valence-electron chi connectivity index (χ2n) is 8.36. The first-order chi connectivity index (χ1) is 14.2. The average molecular weight is 407 g/mol. The summed E-state index contributed by atoms with van der Waals surface area (Å²) in [7, 11) is 0. The van der Waals surface area contributed by atoms with Crippen molar-refractivity contribution in [1.82, 2.24) is 15.2 Å². The van der Waals surface area contributed by atoms with Gasteiger partial charge in [0.1, 0.15) is 5.82 Å². The molecule has 1 atom stereocenters. The molecule has 7 nitrogen and oxygen atoms in total. The SMILES string of the molecule is CC(C)(C)c1ccc(-c2nc(NC(=O)C3CC(=O)Nc4cc(F)ccc43)n[nH]2)cc1. The Kier molecular flexibility index (Phi) is 4.85. The van der Waals surface area contributed by atoms with Crippen LogP contribution in [0.5, 0.6) is 0 Å². The van der Waals surface area contributed by atoms with E-state index in [0.29, 0.717) is 17.1 Å². The molecule has 1 aromatic heterocycles. The standard InChI is InChI=1S/C22H22FN5O2/c1-22(2,3)13-6-4-12(5-7-13)19-25-21(28-27-19)26-20(30)16-11-18(29)24-17-10-14(23)8-9-15(16)17/h4-10,16H,11H2,1-3H3,(H,24,29)(H2,25,26,27,28,30). The molecular formula is C22H22FN5O2. The number of hydrogen-bond donors (Lipinski definition) is 3. The minimum absolute atomic E-state index is 0.0317. The van der Waals surface area contributed by atoms with Crippen molar-refractivity contribution in [2.24, 2.45) is 0 Å². The number of nitrogens with zero attached hydrogens (tertiary/aromatic N) is 2. The highest BCUT2D eigenvalue weighted by Crippen LogP contribution is 2.33. The molecule has 30 heavy (non-hydrogen) atoms. The van der Waals surface area contributed by atoms with Crippen molar-refractivity contribution in [3.05, 3.63) is 59.4 Å². The van der Waals surface area contributed by atoms with Crippen molar-refractivity contribution in [2.45, 2.75) is 38.5 Å². The molecule has 0 saturated heterocycles. The molecule has 2 heterocycles. The molecule has 1 aliphatic rings. The zero-order valence-corrected chi connectivity index (χ0v) is 16.9. The third-order valence-electron chi connectivity index (χ3n) is 5.12. The number of carbonyl (C=O) groups excluding carboxylic acids is 2. The van der Waals surface area contributed by atoms with Gasteiger partial charge in [0.05, 0.1) is 5.92 Å². The molecule has 2 amide bonds. The monoisotopic (exact) mass is 407 g/mol. The molecule has 0 spiro atoms. The number of H-pyrrole nitrogens is 1. The fourth-order valence-corrected chi connectivity index (χ4v) is 3.44. The van der Waals surface area contributed by atoms with E-state index >= 15 is 0 Å². The minimum Gasteiger partial charge on any atom is -0.326 e. The lowest BCUT2D eigenvalue weighted by Gasteiger charge is -2.24. The predicted molar refractivity (Wildman–Crippen MR) is 112 cm³/mol. The molecule has 8 heteroatoms. The molecule has 3 aromatic rings. The molecule has 0 fully saturated rings. The molecule has 0 bridgehead atoms. The number of nitrogens with one attached hydrogen (secondary N) is 3. The van der Waals surface area contributed by atoms with Crippen molar-refractivity contribution >= 4 is 23.5 Å². The maximum absolute atomic E-state index is 13.5. The van der Waals surface area contributed by atoms with Gasteiger partial charge in [-0.1, -0.05) is 51.1 Å². The van der Waals surface area contributed by atoms with Gasteiger partial charge in [-0.15, -0.1) is 5.10 Å². The van der Waals surface area contributed by atoms with E-state index < -0.39 is 17.6 Å². The molecular weight excluding hydrogens is 385 g/mol. The van der Waals surface area contributed by atoms with E-state index in [-0.39, 0.29) is 23.7 Å². The minimum atomic E-state index is -0.748. The van der Waals surface area contributed by atoms with E-state index in [2.05, 4.69) is 46.6 Å². The fraction of sp³-hybridized carbons (Fsp3) is 0.273. The van der Waals surface area contributed by atoms with Crippen LogP contribution < -0.4 is 10.6 Å². The number of fused-ring (bicyclic) bond motifs is 1. The second kappa shape index (κ2) is 7.37. The maximum atomic E-state index is 13.5. The number of anilines is 2. The van der Waals surface area contributed by atoms with E-state index in [1.807, 2.05) is 24.3 Å². The van der Waals surface area contributed by atoms with Crippen molar-refractivity contribution < 1.29 is 14.0 Å². The van der Waals surface area contributed by atoms with Gasteiger partial charge in [-0.05, 0) is 28.7 Å². The first-order valence-electron chi connectivity index (χ1n) is 9.64. The van der Waals surface area contributed by atoms with Gasteiger partial charge in [0.2, 0.25) is 17.8 Å². The summed E-state index contributed by atoms with van der Waals surface area (Å²) in [5, 5.41) is 12.1. The number of aromatic nitrogens is 3. The first kappa shape index (κ1) is 19.8. The van der Waals surface area contributed by atoms with Crippen LogP contribution in [-0.4, -0.2) is 27.0 Å². The quantitative estimate of drug-likeness (QED) is 0.612. The number of benzene rings is 2. The summed E-state index contributed by atoms with van der Waals surface area (Å²) < 4.78 is 13.5. The topological polar surface area (TPSA) is 99.8 Å². The lowest BCUT2D eigenvalue weighted by atomic mass is 9.87. The number of aromatic amines is 1. The second-order valence-corrected chi connectivity index (χ2v) is 8.36. The van der Waals surface area contributed by atoms with E-state index in [1.54, 1.807) is 0 Å². The van der Waals surface area contributed by atoms with E-state index in [4.69, 9.17) is 0 Å². The molecule has 2 aromatic carbocycles. The van der Waals surface area contributed by atoms with Gasteiger partial charge >= 0.3 is 0 Å². The van der Waals surface area contributed by atoms with E-state index in [9.17, 15) is 14.0 Å². The highest BCUT2D eigenvalue weighted by molar-refractivity contribution is 6.04. The van der Waals surface area contributed by atoms with Crippen LogP contribution in [0.4, 0.5) is 16.0 Å². The van der Waals surface area contributed by atoms with Gasteiger partial charge in [-0.2, -0.15) is 4.98 Å². The van der Waals surface area contributed by atoms with Gasteiger partial charge < -0.3 is 5.32 Å². The Labute approximate surface area is 173 Å².